The van der Waals surface area contributed by atoms with Gasteiger partial charge in [-0.2, -0.15) is 5.10 Å². The minimum Gasteiger partial charge on any atom is -0.380 e. The molecular formula is C18H16BrFN4O. The van der Waals surface area contributed by atoms with E-state index in [4.69, 9.17) is 5.73 Å². The smallest absolute Gasteiger partial charge is 0.253 e. The Kier molecular flexibility index (Phi) is 5.14. The van der Waals surface area contributed by atoms with Gasteiger partial charge in [0.25, 0.3) is 5.91 Å². The van der Waals surface area contributed by atoms with Gasteiger partial charge in [0.1, 0.15) is 5.82 Å². The van der Waals surface area contributed by atoms with E-state index < -0.39 is 11.7 Å². The minimum atomic E-state index is -0.806. The van der Waals surface area contributed by atoms with E-state index in [0.29, 0.717) is 23.2 Å². The Labute approximate surface area is 152 Å². The van der Waals surface area contributed by atoms with Crippen molar-refractivity contribution in [3.63, 3.8) is 0 Å². The van der Waals surface area contributed by atoms with Gasteiger partial charge in [0.2, 0.25) is 0 Å². The summed E-state index contributed by atoms with van der Waals surface area (Å²) in [5, 5.41) is 7.27. The van der Waals surface area contributed by atoms with Crippen LogP contribution in [-0.4, -0.2) is 15.7 Å². The number of aromatic nitrogens is 2. The van der Waals surface area contributed by atoms with Gasteiger partial charge in [0.05, 0.1) is 17.8 Å². The molecule has 128 valence electrons. The average Bonchev–Trinajstić information content (AvgIpc) is 3.05. The number of nitrogens with one attached hydrogen (secondary N) is 1. The summed E-state index contributed by atoms with van der Waals surface area (Å²) in [6, 6.07) is 12.7. The van der Waals surface area contributed by atoms with Crippen LogP contribution in [0.2, 0.25) is 0 Å². The summed E-state index contributed by atoms with van der Waals surface area (Å²) >= 11 is 3.23. The van der Waals surface area contributed by atoms with E-state index in [1.165, 1.54) is 6.07 Å². The molecule has 7 heteroatoms. The van der Waals surface area contributed by atoms with Crippen molar-refractivity contribution in [2.75, 3.05) is 5.32 Å². The molecule has 0 aliphatic heterocycles. The molecule has 0 fully saturated rings. The van der Waals surface area contributed by atoms with Gasteiger partial charge >= 0.3 is 0 Å². The van der Waals surface area contributed by atoms with Gasteiger partial charge in [-0.3, -0.25) is 9.48 Å². The molecule has 0 aliphatic carbocycles. The van der Waals surface area contributed by atoms with E-state index in [1.54, 1.807) is 12.3 Å². The summed E-state index contributed by atoms with van der Waals surface area (Å²) in [6.45, 7) is 1.10. The first-order valence-electron chi connectivity index (χ1n) is 7.61. The molecular weight excluding hydrogens is 387 g/mol. The highest BCUT2D eigenvalue weighted by Crippen LogP contribution is 2.25. The summed E-state index contributed by atoms with van der Waals surface area (Å²) in [6.07, 6.45) is 3.63. The molecule has 0 bridgehead atoms. The highest BCUT2D eigenvalue weighted by molar-refractivity contribution is 9.10. The molecule has 25 heavy (non-hydrogen) atoms. The molecule has 2 aromatic carbocycles. The minimum absolute atomic E-state index is 0.143. The Morgan fingerprint density at radius 1 is 1.24 bits per heavy atom. The number of anilines is 1. The van der Waals surface area contributed by atoms with Crippen molar-refractivity contribution in [2.45, 2.75) is 13.1 Å². The summed E-state index contributed by atoms with van der Waals surface area (Å²) in [7, 11) is 0. The second-order valence-electron chi connectivity index (χ2n) is 5.55. The molecule has 3 aromatic rings. The number of carbonyl (C=O) groups excluding carboxylic acids is 1. The largest absolute Gasteiger partial charge is 0.380 e. The number of nitrogens with zero attached hydrogens (tertiary/aromatic N) is 2. The Morgan fingerprint density at radius 2 is 2.04 bits per heavy atom. The van der Waals surface area contributed by atoms with Crippen molar-refractivity contribution in [2.24, 2.45) is 5.73 Å². The quantitative estimate of drug-likeness (QED) is 0.661. The first-order valence-corrected chi connectivity index (χ1v) is 8.40. The molecule has 0 spiro atoms. The summed E-state index contributed by atoms with van der Waals surface area (Å²) in [4.78, 5) is 11.5. The molecule has 5 nitrogen and oxygen atoms in total. The number of hydrogen-bond acceptors (Lipinski definition) is 3. The zero-order valence-corrected chi connectivity index (χ0v) is 14.8. The molecule has 3 rings (SSSR count). The van der Waals surface area contributed by atoms with E-state index in [1.807, 2.05) is 41.2 Å². The van der Waals surface area contributed by atoms with E-state index in [2.05, 4.69) is 26.3 Å². The normalized spacial score (nSPS) is 10.6. The van der Waals surface area contributed by atoms with Crippen LogP contribution in [0.1, 0.15) is 21.5 Å². The summed E-state index contributed by atoms with van der Waals surface area (Å²) in [5.41, 5.74) is 7.60. The number of primary amides is 1. The van der Waals surface area contributed by atoms with Gasteiger partial charge in [0.15, 0.2) is 0 Å². The molecule has 1 amide bonds. The maximum atomic E-state index is 14.0. The monoisotopic (exact) mass is 402 g/mol. The number of hydrogen-bond donors (Lipinski definition) is 2. The fourth-order valence-electron chi connectivity index (χ4n) is 2.58. The van der Waals surface area contributed by atoms with E-state index >= 15 is 0 Å². The SMILES string of the molecule is NC(=O)c1c(F)cc(Br)cc1NCc1cccc(Cn2cccn2)c1. The second kappa shape index (κ2) is 7.48. The maximum absolute atomic E-state index is 14.0. The van der Waals surface area contributed by atoms with Gasteiger partial charge in [-0.25, -0.2) is 4.39 Å². The molecule has 0 aliphatic rings. The topological polar surface area (TPSA) is 72.9 Å². The standard InChI is InChI=1S/C18H16BrFN4O/c19-14-8-15(20)17(18(21)25)16(9-14)22-10-12-3-1-4-13(7-12)11-24-6-2-5-23-24/h1-9,22H,10-11H2,(H2,21,25). The van der Waals surface area contributed by atoms with E-state index in [9.17, 15) is 9.18 Å². The third-order valence-corrected chi connectivity index (χ3v) is 4.14. The summed E-state index contributed by atoms with van der Waals surface area (Å²) in [5.74, 6) is -1.46. The van der Waals surface area contributed by atoms with Crippen LogP contribution in [0.5, 0.6) is 0 Å². The fraction of sp³-hybridized carbons (Fsp3) is 0.111. The van der Waals surface area contributed by atoms with Crippen LogP contribution in [0.3, 0.4) is 0 Å². The number of benzene rings is 2. The van der Waals surface area contributed by atoms with Crippen LogP contribution in [0.25, 0.3) is 0 Å². The lowest BCUT2D eigenvalue weighted by molar-refractivity contribution is 0.0997. The molecule has 0 atom stereocenters. The van der Waals surface area contributed by atoms with Crippen molar-refractivity contribution >= 4 is 27.5 Å². The Bertz CT molecular complexity index is 896. The zero-order valence-electron chi connectivity index (χ0n) is 13.2. The molecule has 3 N–H and O–H groups in total. The van der Waals surface area contributed by atoms with Crippen LogP contribution in [-0.2, 0) is 13.1 Å². The first-order chi connectivity index (χ1) is 12.0. The van der Waals surface area contributed by atoms with Crippen LogP contribution < -0.4 is 11.1 Å². The van der Waals surface area contributed by atoms with Gasteiger partial charge in [-0.15, -0.1) is 0 Å². The number of halogens is 2. The molecule has 0 saturated carbocycles. The Balaban J connectivity index is 1.77. The third kappa shape index (κ3) is 4.24. The van der Waals surface area contributed by atoms with E-state index in [-0.39, 0.29) is 5.56 Å². The number of rotatable bonds is 6. The first kappa shape index (κ1) is 17.2. The second-order valence-corrected chi connectivity index (χ2v) is 6.47. The lowest BCUT2D eigenvalue weighted by Gasteiger charge is -2.12. The highest BCUT2D eigenvalue weighted by Gasteiger charge is 2.15. The molecule has 1 heterocycles. The Morgan fingerprint density at radius 3 is 2.76 bits per heavy atom. The zero-order chi connectivity index (χ0) is 17.8. The molecule has 0 radical (unpaired) electrons. The average molecular weight is 403 g/mol. The van der Waals surface area contributed by atoms with Gasteiger partial charge < -0.3 is 11.1 Å². The number of nitrogens with two attached hydrogens (primary N) is 1. The van der Waals surface area contributed by atoms with E-state index in [0.717, 1.165) is 11.1 Å². The van der Waals surface area contributed by atoms with Gasteiger partial charge in [-0.1, -0.05) is 40.2 Å². The molecule has 1 aromatic heterocycles. The van der Waals surface area contributed by atoms with Gasteiger partial charge in [-0.05, 0) is 29.3 Å². The van der Waals surface area contributed by atoms with Crippen LogP contribution in [0.15, 0.2) is 59.3 Å². The van der Waals surface area contributed by atoms with Crippen molar-refractivity contribution in [3.05, 3.63) is 81.8 Å². The van der Waals surface area contributed by atoms with Gasteiger partial charge in [0, 0.05) is 23.4 Å². The van der Waals surface area contributed by atoms with Crippen molar-refractivity contribution in [1.82, 2.24) is 9.78 Å². The lowest BCUT2D eigenvalue weighted by atomic mass is 10.1. The van der Waals surface area contributed by atoms with Crippen LogP contribution in [0, 0.1) is 5.82 Å². The Hall–Kier alpha value is -2.67. The number of amides is 1. The van der Waals surface area contributed by atoms with Crippen LogP contribution >= 0.6 is 15.9 Å². The maximum Gasteiger partial charge on any atom is 0.253 e. The highest BCUT2D eigenvalue weighted by atomic mass is 79.9. The number of carbonyl (C=O) groups is 1. The predicted octanol–water partition coefficient (Wildman–Crippen LogP) is 3.54. The molecule has 0 unspecified atom stereocenters. The van der Waals surface area contributed by atoms with Crippen molar-refractivity contribution in [1.29, 1.82) is 0 Å². The lowest BCUT2D eigenvalue weighted by Crippen LogP contribution is -2.16. The summed E-state index contributed by atoms with van der Waals surface area (Å²) < 4.78 is 16.3. The van der Waals surface area contributed by atoms with Crippen LogP contribution in [0.4, 0.5) is 10.1 Å². The predicted molar refractivity (Wildman–Crippen MR) is 97.7 cm³/mol. The fourth-order valence-corrected chi connectivity index (χ4v) is 3.01. The molecule has 0 saturated heterocycles. The van der Waals surface area contributed by atoms with Crippen molar-refractivity contribution in [3.8, 4) is 0 Å². The third-order valence-electron chi connectivity index (χ3n) is 3.68. The van der Waals surface area contributed by atoms with Crippen molar-refractivity contribution < 1.29 is 9.18 Å².